The van der Waals surface area contributed by atoms with Gasteiger partial charge in [0.2, 0.25) is 5.89 Å². The molecule has 0 fully saturated rings. The van der Waals surface area contributed by atoms with Gasteiger partial charge in [-0.2, -0.15) is 0 Å². The molecule has 0 atom stereocenters. The van der Waals surface area contributed by atoms with Gasteiger partial charge in [0.25, 0.3) is 27.3 Å². The van der Waals surface area contributed by atoms with Crippen LogP contribution < -0.4 is 10.0 Å². The second kappa shape index (κ2) is 9.59. The summed E-state index contributed by atoms with van der Waals surface area (Å²) in [5, 5.41) is 31.8. The van der Waals surface area contributed by atoms with Crippen LogP contribution in [-0.2, 0) is 10.0 Å². The van der Waals surface area contributed by atoms with Crippen molar-refractivity contribution < 1.29 is 27.5 Å². The Morgan fingerprint density at radius 2 is 1.53 bits per heavy atom. The summed E-state index contributed by atoms with van der Waals surface area (Å²) < 4.78 is 32.8. The third kappa shape index (κ3) is 5.15. The highest BCUT2D eigenvalue weighted by Gasteiger charge is 2.25. The van der Waals surface area contributed by atoms with E-state index in [2.05, 4.69) is 20.2 Å². The molecule has 1 amide bonds. The molecule has 0 aliphatic rings. The summed E-state index contributed by atoms with van der Waals surface area (Å²) in [6.45, 7) is 0. The lowest BCUT2D eigenvalue weighted by atomic mass is 10.2. The highest BCUT2D eigenvalue weighted by Crippen LogP contribution is 2.26. The van der Waals surface area contributed by atoms with Crippen molar-refractivity contribution in [3.8, 4) is 11.5 Å². The number of sulfonamides is 1. The number of nitrogens with one attached hydrogen (secondary N) is 2. The maximum absolute atomic E-state index is 12.6. The summed E-state index contributed by atoms with van der Waals surface area (Å²) in [6.07, 6.45) is 0. The Labute approximate surface area is 201 Å². The lowest BCUT2D eigenvalue weighted by molar-refractivity contribution is -0.387. The van der Waals surface area contributed by atoms with E-state index < -0.39 is 36.4 Å². The van der Waals surface area contributed by atoms with E-state index in [0.717, 1.165) is 12.1 Å². The first-order valence-electron chi connectivity index (χ1n) is 9.90. The summed E-state index contributed by atoms with van der Waals surface area (Å²) >= 11 is 0. The Hall–Kier alpha value is -5.18. The van der Waals surface area contributed by atoms with Gasteiger partial charge in [0.15, 0.2) is 4.90 Å². The van der Waals surface area contributed by atoms with Crippen molar-refractivity contribution in [1.29, 1.82) is 0 Å². The smallest absolute Gasteiger partial charge is 0.322 e. The number of nitrogens with zero attached hydrogens (tertiary/aromatic N) is 4. The van der Waals surface area contributed by atoms with Crippen molar-refractivity contribution in [2.45, 2.75) is 4.90 Å². The van der Waals surface area contributed by atoms with E-state index in [0.29, 0.717) is 5.56 Å². The summed E-state index contributed by atoms with van der Waals surface area (Å²) in [6, 6.07) is 15.3. The molecule has 0 aliphatic heterocycles. The van der Waals surface area contributed by atoms with Crippen LogP contribution in [0.25, 0.3) is 11.5 Å². The van der Waals surface area contributed by atoms with Crippen LogP contribution in [0.2, 0.25) is 0 Å². The number of carbonyl (C=O) groups is 1. The van der Waals surface area contributed by atoms with Gasteiger partial charge >= 0.3 is 6.01 Å². The van der Waals surface area contributed by atoms with Gasteiger partial charge in [-0.25, -0.2) is 8.42 Å². The van der Waals surface area contributed by atoms with Crippen LogP contribution in [0.3, 0.4) is 0 Å². The summed E-state index contributed by atoms with van der Waals surface area (Å²) in [5.41, 5.74) is -0.0845. The highest BCUT2D eigenvalue weighted by molar-refractivity contribution is 7.92. The van der Waals surface area contributed by atoms with Crippen molar-refractivity contribution in [2.75, 3.05) is 10.0 Å². The van der Waals surface area contributed by atoms with Crippen LogP contribution >= 0.6 is 0 Å². The molecule has 0 unspecified atom stereocenters. The average Bonchev–Trinajstić information content (AvgIpc) is 3.32. The molecule has 2 N–H and O–H groups in total. The van der Waals surface area contributed by atoms with Crippen LogP contribution in [0.4, 0.5) is 23.1 Å². The molecule has 0 aliphatic carbocycles. The van der Waals surface area contributed by atoms with Gasteiger partial charge in [-0.3, -0.25) is 35.1 Å². The fourth-order valence-corrected chi connectivity index (χ4v) is 4.25. The predicted octanol–water partition coefficient (Wildman–Crippen LogP) is 3.61. The monoisotopic (exact) mass is 510 g/mol. The number of carbonyl (C=O) groups excluding carboxylic acids is 1. The lowest BCUT2D eigenvalue weighted by Crippen LogP contribution is -2.15. The van der Waals surface area contributed by atoms with Crippen LogP contribution in [0.15, 0.2) is 82.1 Å². The van der Waals surface area contributed by atoms with Crippen molar-refractivity contribution >= 4 is 39.0 Å². The number of para-hydroxylation sites is 1. The van der Waals surface area contributed by atoms with Crippen LogP contribution in [-0.4, -0.2) is 34.4 Å². The first-order valence-corrected chi connectivity index (χ1v) is 11.4. The summed E-state index contributed by atoms with van der Waals surface area (Å²) in [7, 11) is -4.26. The number of nitro benzene ring substituents is 2. The number of amides is 1. The maximum Gasteiger partial charge on any atom is 0.322 e. The summed E-state index contributed by atoms with van der Waals surface area (Å²) in [4.78, 5) is 32.5. The first-order chi connectivity index (χ1) is 17.1. The Bertz CT molecular complexity index is 1570. The Morgan fingerprint density at radius 3 is 2.17 bits per heavy atom. The van der Waals surface area contributed by atoms with E-state index in [4.69, 9.17) is 4.42 Å². The topological polar surface area (TPSA) is 200 Å². The molecule has 3 aromatic carbocycles. The normalized spacial score (nSPS) is 11.0. The molecule has 15 heteroatoms. The molecule has 182 valence electrons. The Morgan fingerprint density at radius 1 is 0.861 bits per heavy atom. The number of rotatable bonds is 8. The zero-order valence-corrected chi connectivity index (χ0v) is 18.7. The third-order valence-electron chi connectivity index (χ3n) is 4.72. The minimum absolute atomic E-state index is 0.0277. The Balaban J connectivity index is 1.44. The van der Waals surface area contributed by atoms with E-state index >= 15 is 0 Å². The minimum atomic E-state index is -4.26. The van der Waals surface area contributed by atoms with Crippen LogP contribution in [0.1, 0.15) is 10.4 Å². The molecule has 36 heavy (non-hydrogen) atoms. The molecule has 0 spiro atoms. The van der Waals surface area contributed by atoms with E-state index in [9.17, 15) is 33.4 Å². The highest BCUT2D eigenvalue weighted by atomic mass is 32.2. The second-order valence-corrected chi connectivity index (χ2v) is 8.73. The number of hydrogen-bond donors (Lipinski definition) is 2. The minimum Gasteiger partial charge on any atom is -0.403 e. The van der Waals surface area contributed by atoms with Crippen molar-refractivity contribution in [2.24, 2.45) is 0 Å². The molecule has 4 rings (SSSR count). The van der Waals surface area contributed by atoms with Gasteiger partial charge in [0.1, 0.15) is 0 Å². The van der Waals surface area contributed by atoms with E-state index in [1.165, 1.54) is 60.7 Å². The predicted molar refractivity (Wildman–Crippen MR) is 125 cm³/mol. The number of aromatic nitrogens is 2. The van der Waals surface area contributed by atoms with E-state index in [1.54, 1.807) is 0 Å². The van der Waals surface area contributed by atoms with Gasteiger partial charge < -0.3 is 4.42 Å². The standard InChI is InChI=1S/C21H14N6O8S/c28-19(22-21-24-23-20(35-21)14-7-11-16(12-8-14)26(29)30)13-5-9-15(10-6-13)25-36(33,34)18-4-2-1-3-17(18)27(31)32/h1-12,25H,(H,22,24,28). The van der Waals surface area contributed by atoms with Crippen LogP contribution in [0.5, 0.6) is 0 Å². The molecule has 14 nitrogen and oxygen atoms in total. The third-order valence-corrected chi connectivity index (χ3v) is 6.15. The zero-order chi connectivity index (χ0) is 25.9. The van der Waals surface area contributed by atoms with Gasteiger partial charge in [0.05, 0.1) is 9.85 Å². The Kier molecular flexibility index (Phi) is 6.38. The maximum atomic E-state index is 12.6. The first kappa shape index (κ1) is 24.0. The zero-order valence-electron chi connectivity index (χ0n) is 17.9. The molecule has 4 aromatic rings. The number of anilines is 2. The fraction of sp³-hybridized carbons (Fsp3) is 0. The molecular weight excluding hydrogens is 496 g/mol. The van der Waals surface area contributed by atoms with Gasteiger partial charge in [0, 0.05) is 35.0 Å². The molecule has 0 saturated heterocycles. The number of hydrogen-bond acceptors (Lipinski definition) is 10. The molecular formula is C21H14N6O8S. The van der Waals surface area contributed by atoms with Gasteiger partial charge in [-0.05, 0) is 42.5 Å². The SMILES string of the molecule is O=C(Nc1nnc(-c2ccc([N+](=O)[O-])cc2)o1)c1ccc(NS(=O)(=O)c2ccccc2[N+](=O)[O-])cc1. The van der Waals surface area contributed by atoms with Crippen molar-refractivity contribution in [3.05, 3.63) is 98.6 Å². The quantitative estimate of drug-likeness (QED) is 0.260. The fourth-order valence-electron chi connectivity index (χ4n) is 3.02. The van der Waals surface area contributed by atoms with Crippen molar-refractivity contribution in [3.63, 3.8) is 0 Å². The molecule has 0 bridgehead atoms. The van der Waals surface area contributed by atoms with Crippen molar-refractivity contribution in [1.82, 2.24) is 10.2 Å². The molecule has 1 heterocycles. The molecule has 1 aromatic heterocycles. The number of non-ortho nitro benzene ring substituents is 1. The van der Waals surface area contributed by atoms with E-state index in [-0.39, 0.29) is 28.8 Å². The molecule has 0 radical (unpaired) electrons. The molecule has 0 saturated carbocycles. The second-order valence-electron chi connectivity index (χ2n) is 7.08. The number of nitro groups is 2. The average molecular weight is 510 g/mol. The largest absolute Gasteiger partial charge is 0.403 e. The lowest BCUT2D eigenvalue weighted by Gasteiger charge is -2.09. The number of benzene rings is 3. The van der Waals surface area contributed by atoms with Crippen LogP contribution in [0, 0.1) is 20.2 Å². The van der Waals surface area contributed by atoms with Gasteiger partial charge in [-0.15, -0.1) is 5.10 Å². The van der Waals surface area contributed by atoms with Gasteiger partial charge in [-0.1, -0.05) is 17.2 Å². The summed E-state index contributed by atoms with van der Waals surface area (Å²) in [5.74, 6) is -0.609. The van der Waals surface area contributed by atoms with E-state index in [1.807, 2.05) is 0 Å².